The third-order valence-electron chi connectivity index (χ3n) is 13.9. The molecular weight excluding hydrogens is 745 g/mol. The highest BCUT2D eigenvalue weighted by Crippen LogP contribution is 2.63. The zero-order chi connectivity index (χ0) is 40.5. The smallest absolute Gasteiger partial charge is 0.000740 e. The Balaban J connectivity index is 1.16. The lowest BCUT2D eigenvalue weighted by molar-refractivity contribution is 1.59. The molecule has 0 amide bonds. The summed E-state index contributed by atoms with van der Waals surface area (Å²) in [6, 6.07) is 81.9. The maximum absolute atomic E-state index is 2.46. The first-order valence-corrected chi connectivity index (χ1v) is 21.7. The largest absolute Gasteiger partial charge is 0.0622 e. The van der Waals surface area contributed by atoms with Crippen LogP contribution in [0.3, 0.4) is 0 Å². The monoisotopic (exact) mass is 780 g/mol. The van der Waals surface area contributed by atoms with Crippen molar-refractivity contribution < 1.29 is 0 Å². The van der Waals surface area contributed by atoms with Crippen LogP contribution in [0.1, 0.15) is 0 Å². The minimum absolute atomic E-state index is 1.24. The van der Waals surface area contributed by atoms with E-state index in [-0.39, 0.29) is 0 Å². The molecule has 0 unspecified atom stereocenters. The number of hydrogen-bond acceptors (Lipinski definition) is 0. The van der Waals surface area contributed by atoms with E-state index in [1.165, 1.54) is 143 Å². The summed E-state index contributed by atoms with van der Waals surface area (Å²) in [6.07, 6.45) is 0. The summed E-state index contributed by atoms with van der Waals surface area (Å²) in [7, 11) is 0. The van der Waals surface area contributed by atoms with Crippen LogP contribution < -0.4 is 0 Å². The van der Waals surface area contributed by atoms with Crippen LogP contribution in [0.2, 0.25) is 0 Å². The first kappa shape index (κ1) is 33.7. The zero-order valence-electron chi connectivity index (χ0n) is 33.8. The number of rotatable bonds is 4. The fourth-order valence-corrected chi connectivity index (χ4v) is 11.2. The third-order valence-corrected chi connectivity index (χ3v) is 13.9. The molecule has 62 heavy (non-hydrogen) atoms. The molecule has 2 aliphatic rings. The van der Waals surface area contributed by atoms with Crippen LogP contribution in [-0.2, 0) is 0 Å². The normalized spacial score (nSPS) is 12.2. The van der Waals surface area contributed by atoms with Crippen LogP contribution in [0.4, 0.5) is 0 Å². The van der Waals surface area contributed by atoms with Crippen molar-refractivity contribution in [2.75, 3.05) is 0 Å². The van der Waals surface area contributed by atoms with Gasteiger partial charge in [0.05, 0.1) is 0 Å². The van der Waals surface area contributed by atoms with E-state index in [1.54, 1.807) is 0 Å². The lowest BCUT2D eigenvalue weighted by atomic mass is 9.81. The highest BCUT2D eigenvalue weighted by atomic mass is 14.4. The predicted octanol–water partition coefficient (Wildman–Crippen LogP) is 17.4. The Morgan fingerprint density at radius 1 is 0.177 bits per heavy atom. The van der Waals surface area contributed by atoms with Crippen molar-refractivity contribution in [2.24, 2.45) is 0 Å². The van der Waals surface area contributed by atoms with Gasteiger partial charge in [-0.05, 0) is 167 Å². The zero-order valence-corrected chi connectivity index (χ0v) is 33.8. The fourth-order valence-electron chi connectivity index (χ4n) is 11.2. The van der Waals surface area contributed by atoms with E-state index in [1.807, 2.05) is 0 Å². The first-order valence-electron chi connectivity index (χ1n) is 21.7. The van der Waals surface area contributed by atoms with Gasteiger partial charge in [0.15, 0.2) is 0 Å². The second-order valence-corrected chi connectivity index (χ2v) is 17.1. The Hall–Kier alpha value is -8.06. The van der Waals surface area contributed by atoms with E-state index in [9.17, 15) is 0 Å². The highest BCUT2D eigenvalue weighted by Gasteiger charge is 2.36. The van der Waals surface area contributed by atoms with Gasteiger partial charge in [0.25, 0.3) is 0 Å². The predicted molar refractivity (Wildman–Crippen MR) is 265 cm³/mol. The van der Waals surface area contributed by atoms with E-state index in [0.29, 0.717) is 0 Å². The highest BCUT2D eigenvalue weighted by molar-refractivity contribution is 6.34. The summed E-state index contributed by atoms with van der Waals surface area (Å²) in [4.78, 5) is 0. The van der Waals surface area contributed by atoms with Crippen LogP contribution >= 0.6 is 0 Å². The van der Waals surface area contributed by atoms with Gasteiger partial charge in [-0.15, -0.1) is 0 Å². The molecule has 0 aromatic heterocycles. The number of fused-ring (bicyclic) bond motifs is 10. The Morgan fingerprint density at radius 3 is 0.903 bits per heavy atom. The molecule has 0 N–H and O–H groups in total. The molecule has 0 nitrogen and oxygen atoms in total. The lowest BCUT2D eigenvalue weighted by Crippen LogP contribution is -1.94. The molecule has 0 spiro atoms. The summed E-state index contributed by atoms with van der Waals surface area (Å²) >= 11 is 0. The summed E-state index contributed by atoms with van der Waals surface area (Å²) in [5.41, 5.74) is 20.7. The van der Waals surface area contributed by atoms with Crippen molar-refractivity contribution in [1.29, 1.82) is 0 Å². The van der Waals surface area contributed by atoms with Gasteiger partial charge in [-0.1, -0.05) is 194 Å². The van der Waals surface area contributed by atoms with Gasteiger partial charge < -0.3 is 0 Å². The van der Waals surface area contributed by atoms with E-state index in [0.717, 1.165) is 0 Å². The molecule has 12 aromatic carbocycles. The molecule has 0 aliphatic heterocycles. The van der Waals surface area contributed by atoms with Gasteiger partial charge >= 0.3 is 0 Å². The topological polar surface area (TPSA) is 0 Å². The Kier molecular flexibility index (Phi) is 6.92. The Morgan fingerprint density at radius 2 is 0.500 bits per heavy atom. The van der Waals surface area contributed by atoms with Crippen molar-refractivity contribution in [3.05, 3.63) is 218 Å². The summed E-state index contributed by atoms with van der Waals surface area (Å²) in [6.45, 7) is 0. The molecule has 0 saturated carbocycles. The van der Waals surface area contributed by atoms with E-state index in [4.69, 9.17) is 0 Å². The van der Waals surface area contributed by atoms with Crippen molar-refractivity contribution in [1.82, 2.24) is 0 Å². The maximum atomic E-state index is 2.46. The maximum Gasteiger partial charge on any atom is -0.000740 e. The molecule has 12 aromatic rings. The fraction of sp³-hybridized carbons (Fsp3) is 0. The van der Waals surface area contributed by atoms with Crippen LogP contribution in [0.5, 0.6) is 0 Å². The second-order valence-electron chi connectivity index (χ2n) is 17.1. The molecule has 0 heterocycles. The molecule has 0 bridgehead atoms. The van der Waals surface area contributed by atoms with E-state index in [2.05, 4.69) is 218 Å². The molecule has 0 atom stereocenters. The molecule has 284 valence electrons. The minimum atomic E-state index is 1.24. The van der Waals surface area contributed by atoms with Crippen molar-refractivity contribution in [3.63, 3.8) is 0 Å². The van der Waals surface area contributed by atoms with Gasteiger partial charge in [-0.3, -0.25) is 0 Å². The molecule has 0 heteroatoms. The Bertz CT molecular complexity index is 3640. The van der Waals surface area contributed by atoms with Crippen LogP contribution in [0.25, 0.3) is 143 Å². The average molecular weight is 781 g/mol. The van der Waals surface area contributed by atoms with Gasteiger partial charge in [0.2, 0.25) is 0 Å². The molecule has 14 rings (SSSR count). The van der Waals surface area contributed by atoms with Gasteiger partial charge in [0, 0.05) is 0 Å². The Labute approximate surface area is 359 Å². The van der Waals surface area contributed by atoms with Crippen molar-refractivity contribution in [3.8, 4) is 89.0 Å². The van der Waals surface area contributed by atoms with Crippen molar-refractivity contribution in [2.45, 2.75) is 0 Å². The van der Waals surface area contributed by atoms with E-state index >= 15 is 0 Å². The lowest BCUT2D eigenvalue weighted by Gasteiger charge is -2.22. The second kappa shape index (κ2) is 12.7. The first-order chi connectivity index (χ1) is 30.8. The van der Waals surface area contributed by atoms with Crippen LogP contribution in [0.15, 0.2) is 218 Å². The van der Waals surface area contributed by atoms with Crippen LogP contribution in [-0.4, -0.2) is 0 Å². The molecule has 0 radical (unpaired) electrons. The molecule has 2 aliphatic carbocycles. The SMILES string of the molecule is c1ccc(-c2ccc(-c3ccccc3)c3c2-c2ccc4c5c(ccc-3c25)-c2c-4c(-c3ccc4ccccc4c3)c3cc4ccccc4cc3c2-c2ccc3ccccc3c2)cc1. The molecule has 0 saturated heterocycles. The summed E-state index contributed by atoms with van der Waals surface area (Å²) in [5.74, 6) is 0. The summed E-state index contributed by atoms with van der Waals surface area (Å²) < 4.78 is 0. The van der Waals surface area contributed by atoms with E-state index < -0.39 is 0 Å². The molecule has 0 fully saturated rings. The quantitative estimate of drug-likeness (QED) is 0.156. The van der Waals surface area contributed by atoms with Crippen molar-refractivity contribution >= 4 is 53.9 Å². The molecular formula is C62H36. The summed E-state index contributed by atoms with van der Waals surface area (Å²) in [5, 5.41) is 12.8. The van der Waals surface area contributed by atoms with Gasteiger partial charge in [0.1, 0.15) is 0 Å². The number of benzene rings is 12. The van der Waals surface area contributed by atoms with Gasteiger partial charge in [-0.25, -0.2) is 0 Å². The number of hydrogen-bond donors (Lipinski definition) is 0. The van der Waals surface area contributed by atoms with Crippen LogP contribution in [0, 0.1) is 0 Å². The third kappa shape index (κ3) is 4.67. The standard InChI is InChI=1S/C62H36/c1-3-15-39(16-4-1)47-27-28-48(40-17-5-2-6-18-40)58-50-30-32-52-60-51(31-29-49(57(47)58)59(50)60)61-55(45-25-23-37-13-7-9-19-41(37)33-45)53-35-43-21-11-12-22-44(43)36-54(53)56(62(52)61)46-26-24-38-14-8-10-20-42(38)34-46/h1-36H. The van der Waals surface area contributed by atoms with Gasteiger partial charge in [-0.2, -0.15) is 0 Å². The minimum Gasteiger partial charge on any atom is -0.0622 e. The average Bonchev–Trinajstić information content (AvgIpc) is 3.85.